The summed E-state index contributed by atoms with van der Waals surface area (Å²) >= 11 is 0. The van der Waals surface area contributed by atoms with Gasteiger partial charge in [-0.1, -0.05) is 0 Å². The molecule has 0 bridgehead atoms. The Balaban J connectivity index is 1.33. The molecule has 0 atom stereocenters. The van der Waals surface area contributed by atoms with E-state index in [1.807, 2.05) is 12.1 Å². The van der Waals surface area contributed by atoms with E-state index in [4.69, 9.17) is 9.47 Å². The highest BCUT2D eigenvalue weighted by Crippen LogP contribution is 2.34. The lowest BCUT2D eigenvalue weighted by Crippen LogP contribution is -2.44. The van der Waals surface area contributed by atoms with Crippen LogP contribution in [0.5, 0.6) is 11.5 Å². The van der Waals surface area contributed by atoms with Gasteiger partial charge in [0.05, 0.1) is 0 Å². The molecule has 2 aromatic carbocycles. The molecule has 0 unspecified atom stereocenters. The zero-order valence-electron chi connectivity index (χ0n) is 15.6. The molecule has 8 nitrogen and oxygen atoms in total. The van der Waals surface area contributed by atoms with E-state index in [2.05, 4.69) is 27.5 Å². The van der Waals surface area contributed by atoms with Crippen molar-refractivity contribution in [3.8, 4) is 11.5 Å². The number of rotatable bonds is 3. The lowest BCUT2D eigenvalue weighted by Gasteiger charge is -2.34. The van der Waals surface area contributed by atoms with Gasteiger partial charge in [0.2, 0.25) is 6.79 Å². The molecule has 146 valence electrons. The molecule has 0 aliphatic carbocycles. The fourth-order valence-corrected chi connectivity index (χ4v) is 3.17. The quantitative estimate of drug-likeness (QED) is 0.787. The van der Waals surface area contributed by atoms with Crippen LogP contribution < -0.4 is 25.0 Å². The minimum atomic E-state index is -0.748. The number of amides is 2. The number of nitrogens with one attached hydrogen (secondary N) is 2. The average molecular weight is 382 g/mol. The first-order valence-electron chi connectivity index (χ1n) is 9.14. The molecule has 2 N–H and O–H groups in total. The first-order chi connectivity index (χ1) is 13.6. The SMILES string of the molecule is CN1CCN(c2ccc(NC(=O)C(=O)Nc3ccc4c(c3)OCO4)cc2)CC1. The second-order valence-corrected chi connectivity index (χ2v) is 6.81. The van der Waals surface area contributed by atoms with Gasteiger partial charge < -0.3 is 29.9 Å². The smallest absolute Gasteiger partial charge is 0.314 e. The molecule has 4 rings (SSSR count). The summed E-state index contributed by atoms with van der Waals surface area (Å²) in [5, 5.41) is 5.18. The Labute approximate surface area is 163 Å². The molecule has 2 aliphatic rings. The Morgan fingerprint density at radius 3 is 2.14 bits per heavy atom. The number of hydrogen-bond acceptors (Lipinski definition) is 6. The van der Waals surface area contributed by atoms with E-state index >= 15 is 0 Å². The molecule has 0 saturated carbocycles. The molecule has 0 radical (unpaired) electrons. The summed E-state index contributed by atoms with van der Waals surface area (Å²) in [4.78, 5) is 28.9. The molecule has 0 aromatic heterocycles. The maximum Gasteiger partial charge on any atom is 0.314 e. The van der Waals surface area contributed by atoms with Crippen LogP contribution in [0.4, 0.5) is 17.1 Å². The van der Waals surface area contributed by atoms with Crippen LogP contribution >= 0.6 is 0 Å². The summed E-state index contributed by atoms with van der Waals surface area (Å²) in [6.45, 7) is 4.15. The molecule has 8 heteroatoms. The molecule has 0 spiro atoms. The van der Waals surface area contributed by atoms with Gasteiger partial charge in [-0.15, -0.1) is 0 Å². The normalized spacial score (nSPS) is 16.0. The van der Waals surface area contributed by atoms with Gasteiger partial charge in [0.15, 0.2) is 11.5 Å². The van der Waals surface area contributed by atoms with Crippen LogP contribution in [0.25, 0.3) is 0 Å². The summed E-state index contributed by atoms with van der Waals surface area (Å²) in [5.41, 5.74) is 2.15. The summed E-state index contributed by atoms with van der Waals surface area (Å²) < 4.78 is 10.5. The Hall–Kier alpha value is -3.26. The number of fused-ring (bicyclic) bond motifs is 1. The number of anilines is 3. The lowest BCUT2D eigenvalue weighted by atomic mass is 10.2. The summed E-state index contributed by atoms with van der Waals surface area (Å²) in [6.07, 6.45) is 0. The number of carbonyl (C=O) groups is 2. The Morgan fingerprint density at radius 2 is 1.43 bits per heavy atom. The van der Waals surface area contributed by atoms with Crippen molar-refractivity contribution in [2.24, 2.45) is 0 Å². The topological polar surface area (TPSA) is 83.1 Å². The molecule has 2 heterocycles. The van der Waals surface area contributed by atoms with Crippen LogP contribution in [-0.4, -0.2) is 56.7 Å². The van der Waals surface area contributed by atoms with Gasteiger partial charge in [-0.25, -0.2) is 0 Å². The number of piperazine rings is 1. The number of benzene rings is 2. The highest BCUT2D eigenvalue weighted by Gasteiger charge is 2.18. The van der Waals surface area contributed by atoms with Crippen molar-refractivity contribution in [3.63, 3.8) is 0 Å². The highest BCUT2D eigenvalue weighted by atomic mass is 16.7. The monoisotopic (exact) mass is 382 g/mol. The molecule has 28 heavy (non-hydrogen) atoms. The number of ether oxygens (including phenoxy) is 2. The van der Waals surface area contributed by atoms with E-state index in [0.717, 1.165) is 31.9 Å². The molecule has 2 amide bonds. The number of hydrogen-bond donors (Lipinski definition) is 2. The second-order valence-electron chi connectivity index (χ2n) is 6.81. The van der Waals surface area contributed by atoms with Gasteiger partial charge in [-0.2, -0.15) is 0 Å². The van der Waals surface area contributed by atoms with Gasteiger partial charge in [-0.05, 0) is 43.4 Å². The maximum atomic E-state index is 12.2. The van der Waals surface area contributed by atoms with Crippen molar-refractivity contribution in [2.45, 2.75) is 0 Å². The van der Waals surface area contributed by atoms with E-state index in [1.165, 1.54) is 0 Å². The summed E-state index contributed by atoms with van der Waals surface area (Å²) in [5.74, 6) is -0.326. The predicted molar refractivity (Wildman–Crippen MR) is 106 cm³/mol. The Kier molecular flexibility index (Phi) is 5.03. The van der Waals surface area contributed by atoms with Crippen molar-refractivity contribution in [1.29, 1.82) is 0 Å². The predicted octanol–water partition coefficient (Wildman–Crippen LogP) is 1.74. The molecular weight excluding hydrogens is 360 g/mol. The first kappa shape index (κ1) is 18.1. The maximum absolute atomic E-state index is 12.2. The second kappa shape index (κ2) is 7.77. The van der Waals surface area contributed by atoms with E-state index in [-0.39, 0.29) is 6.79 Å². The van der Waals surface area contributed by atoms with E-state index < -0.39 is 11.8 Å². The van der Waals surface area contributed by atoms with Gasteiger partial charge in [0.1, 0.15) is 0 Å². The zero-order valence-corrected chi connectivity index (χ0v) is 15.6. The van der Waals surface area contributed by atoms with Crippen LogP contribution in [-0.2, 0) is 9.59 Å². The third-order valence-corrected chi connectivity index (χ3v) is 4.83. The van der Waals surface area contributed by atoms with Crippen LogP contribution in [0, 0.1) is 0 Å². The van der Waals surface area contributed by atoms with Gasteiger partial charge in [-0.3, -0.25) is 9.59 Å². The molecule has 2 aliphatic heterocycles. The number of nitrogens with zero attached hydrogens (tertiary/aromatic N) is 2. The van der Waals surface area contributed by atoms with Gasteiger partial charge in [0, 0.05) is 49.3 Å². The third kappa shape index (κ3) is 4.01. The van der Waals surface area contributed by atoms with Crippen molar-refractivity contribution in [3.05, 3.63) is 42.5 Å². The zero-order chi connectivity index (χ0) is 19.5. The Bertz CT molecular complexity index is 876. The molecule has 2 aromatic rings. The van der Waals surface area contributed by atoms with Crippen molar-refractivity contribution in [1.82, 2.24) is 4.90 Å². The van der Waals surface area contributed by atoms with Crippen molar-refractivity contribution in [2.75, 3.05) is 55.6 Å². The van der Waals surface area contributed by atoms with Crippen molar-refractivity contribution < 1.29 is 19.1 Å². The first-order valence-corrected chi connectivity index (χ1v) is 9.14. The fourth-order valence-electron chi connectivity index (χ4n) is 3.17. The van der Waals surface area contributed by atoms with Crippen LogP contribution in [0.1, 0.15) is 0 Å². The minimum Gasteiger partial charge on any atom is -0.454 e. The van der Waals surface area contributed by atoms with Gasteiger partial charge in [0.25, 0.3) is 0 Å². The molecule has 1 saturated heterocycles. The average Bonchev–Trinajstić information content (AvgIpc) is 3.17. The van der Waals surface area contributed by atoms with Crippen LogP contribution in [0.3, 0.4) is 0 Å². The fraction of sp³-hybridized carbons (Fsp3) is 0.300. The van der Waals surface area contributed by atoms with Crippen molar-refractivity contribution >= 4 is 28.9 Å². The van der Waals surface area contributed by atoms with Crippen LogP contribution in [0.15, 0.2) is 42.5 Å². The molecular formula is C20H22N4O4. The standard InChI is InChI=1S/C20H22N4O4/c1-23-8-10-24(11-9-23)16-5-2-14(3-6-16)21-19(25)20(26)22-15-4-7-17-18(12-15)28-13-27-17/h2-7,12H,8-11,13H2,1H3,(H,21,25)(H,22,26). The van der Waals surface area contributed by atoms with Gasteiger partial charge >= 0.3 is 11.8 Å². The number of likely N-dealkylation sites (N-methyl/N-ethyl adjacent to an activating group) is 1. The summed E-state index contributed by atoms with van der Waals surface area (Å²) in [7, 11) is 2.12. The van der Waals surface area contributed by atoms with E-state index in [0.29, 0.717) is 22.9 Å². The largest absolute Gasteiger partial charge is 0.454 e. The van der Waals surface area contributed by atoms with Crippen LogP contribution in [0.2, 0.25) is 0 Å². The summed E-state index contributed by atoms with van der Waals surface area (Å²) in [6, 6.07) is 12.5. The minimum absolute atomic E-state index is 0.150. The highest BCUT2D eigenvalue weighted by molar-refractivity contribution is 6.43. The number of carbonyl (C=O) groups excluding carboxylic acids is 2. The van der Waals surface area contributed by atoms with E-state index in [9.17, 15) is 9.59 Å². The lowest BCUT2D eigenvalue weighted by molar-refractivity contribution is -0.132. The van der Waals surface area contributed by atoms with E-state index in [1.54, 1.807) is 30.3 Å². The molecule has 1 fully saturated rings. The third-order valence-electron chi connectivity index (χ3n) is 4.83. The Morgan fingerprint density at radius 1 is 0.821 bits per heavy atom.